The van der Waals surface area contributed by atoms with E-state index >= 15 is 0 Å². The Kier molecular flexibility index (Phi) is 2.56. The maximum Gasteiger partial charge on any atom is 0.319 e. The molecular weight excluding hydrogens is 196 g/mol. The number of carbonyl (C=O) groups is 1. The van der Waals surface area contributed by atoms with Gasteiger partial charge in [-0.2, -0.15) is 0 Å². The first kappa shape index (κ1) is 10.6. The van der Waals surface area contributed by atoms with E-state index in [1.807, 2.05) is 13.0 Å². The number of aliphatic hydroxyl groups is 2. The molecule has 0 radical (unpaired) electrons. The third-order valence-electron chi connectivity index (χ3n) is 3.45. The van der Waals surface area contributed by atoms with Crippen molar-refractivity contribution >= 4 is 5.97 Å². The van der Waals surface area contributed by atoms with Crippen LogP contribution in [0.3, 0.4) is 0 Å². The lowest BCUT2D eigenvalue weighted by atomic mass is 9.62. The molecule has 15 heavy (non-hydrogen) atoms. The summed E-state index contributed by atoms with van der Waals surface area (Å²) in [6, 6.07) is 0. The molecule has 4 atom stereocenters. The standard InChI is InChI=1S/C11H16O4/c1-2-3-7-4-5-11(7)9(13)8(6-12)15-10(11)14/h4-5,7-9,12-13H,2-3,6H2,1H3/t7?,8-,9-,11+/m1/s1. The Morgan fingerprint density at radius 2 is 2.33 bits per heavy atom. The Morgan fingerprint density at radius 1 is 1.60 bits per heavy atom. The van der Waals surface area contributed by atoms with E-state index in [1.165, 1.54) is 0 Å². The quantitative estimate of drug-likeness (QED) is 0.519. The largest absolute Gasteiger partial charge is 0.456 e. The molecule has 2 rings (SSSR count). The fraction of sp³-hybridized carbons (Fsp3) is 0.727. The summed E-state index contributed by atoms with van der Waals surface area (Å²) in [5.74, 6) is -0.337. The van der Waals surface area contributed by atoms with Crippen molar-refractivity contribution in [1.82, 2.24) is 0 Å². The summed E-state index contributed by atoms with van der Waals surface area (Å²) in [7, 11) is 0. The van der Waals surface area contributed by atoms with Crippen molar-refractivity contribution in [2.24, 2.45) is 11.3 Å². The molecule has 1 heterocycles. The molecule has 4 heteroatoms. The van der Waals surface area contributed by atoms with Crippen LogP contribution in [-0.4, -0.2) is 35.0 Å². The fourth-order valence-corrected chi connectivity index (χ4v) is 2.49. The van der Waals surface area contributed by atoms with Gasteiger partial charge in [0.15, 0.2) is 6.10 Å². The number of esters is 1. The zero-order chi connectivity index (χ0) is 11.1. The van der Waals surface area contributed by atoms with Crippen LogP contribution in [0.25, 0.3) is 0 Å². The highest BCUT2D eigenvalue weighted by atomic mass is 16.6. The number of hydrogen-bond acceptors (Lipinski definition) is 4. The molecule has 0 saturated carbocycles. The van der Waals surface area contributed by atoms with Crippen molar-refractivity contribution in [3.05, 3.63) is 12.2 Å². The van der Waals surface area contributed by atoms with Gasteiger partial charge in [0.1, 0.15) is 11.5 Å². The lowest BCUT2D eigenvalue weighted by Crippen LogP contribution is -2.48. The zero-order valence-corrected chi connectivity index (χ0v) is 8.72. The highest BCUT2D eigenvalue weighted by Gasteiger charge is 2.61. The van der Waals surface area contributed by atoms with Gasteiger partial charge in [-0.25, -0.2) is 0 Å². The van der Waals surface area contributed by atoms with Gasteiger partial charge in [0.25, 0.3) is 0 Å². The van der Waals surface area contributed by atoms with Gasteiger partial charge in [0, 0.05) is 0 Å². The maximum absolute atomic E-state index is 11.7. The van der Waals surface area contributed by atoms with Crippen LogP contribution in [0.1, 0.15) is 19.8 Å². The molecule has 1 unspecified atom stereocenters. The van der Waals surface area contributed by atoms with Gasteiger partial charge in [-0.15, -0.1) is 0 Å². The molecule has 2 aliphatic rings. The van der Waals surface area contributed by atoms with Crippen LogP contribution in [0.5, 0.6) is 0 Å². The molecule has 0 aromatic heterocycles. The van der Waals surface area contributed by atoms with Crippen LogP contribution in [0.15, 0.2) is 12.2 Å². The summed E-state index contributed by atoms with van der Waals surface area (Å²) in [5.41, 5.74) is -0.872. The van der Waals surface area contributed by atoms with E-state index < -0.39 is 23.6 Å². The first-order valence-electron chi connectivity index (χ1n) is 5.36. The molecule has 0 aromatic carbocycles. The van der Waals surface area contributed by atoms with Gasteiger partial charge in [0.05, 0.1) is 6.61 Å². The van der Waals surface area contributed by atoms with Crippen molar-refractivity contribution in [2.45, 2.75) is 32.0 Å². The molecule has 0 aromatic rings. The molecule has 84 valence electrons. The molecule has 2 N–H and O–H groups in total. The van der Waals surface area contributed by atoms with Crippen molar-refractivity contribution in [1.29, 1.82) is 0 Å². The van der Waals surface area contributed by atoms with E-state index in [0.29, 0.717) is 0 Å². The van der Waals surface area contributed by atoms with Crippen molar-refractivity contribution in [3.63, 3.8) is 0 Å². The van der Waals surface area contributed by atoms with E-state index in [-0.39, 0.29) is 12.5 Å². The van der Waals surface area contributed by atoms with E-state index in [4.69, 9.17) is 9.84 Å². The van der Waals surface area contributed by atoms with Crippen LogP contribution in [-0.2, 0) is 9.53 Å². The fourth-order valence-electron chi connectivity index (χ4n) is 2.49. The average Bonchev–Trinajstić information content (AvgIpc) is 2.47. The van der Waals surface area contributed by atoms with Crippen molar-refractivity contribution in [3.8, 4) is 0 Å². The molecule has 1 fully saturated rings. The van der Waals surface area contributed by atoms with Gasteiger partial charge in [0.2, 0.25) is 0 Å². The molecule has 1 aliphatic carbocycles. The minimum Gasteiger partial charge on any atom is -0.456 e. The summed E-state index contributed by atoms with van der Waals surface area (Å²) in [4.78, 5) is 11.7. The van der Waals surface area contributed by atoms with Crippen LogP contribution in [0.2, 0.25) is 0 Å². The predicted octanol–water partition coefficient (Wildman–Crippen LogP) is 0.238. The summed E-state index contributed by atoms with van der Waals surface area (Å²) in [6.45, 7) is 1.72. The first-order valence-corrected chi connectivity index (χ1v) is 5.36. The Bertz CT molecular complexity index is 299. The monoisotopic (exact) mass is 212 g/mol. The normalized spacial score (nSPS) is 43.1. The third-order valence-corrected chi connectivity index (χ3v) is 3.45. The smallest absolute Gasteiger partial charge is 0.319 e. The lowest BCUT2D eigenvalue weighted by Gasteiger charge is -2.39. The van der Waals surface area contributed by atoms with E-state index in [0.717, 1.165) is 12.8 Å². The second kappa shape index (κ2) is 3.61. The average molecular weight is 212 g/mol. The van der Waals surface area contributed by atoms with Gasteiger partial charge >= 0.3 is 5.97 Å². The zero-order valence-electron chi connectivity index (χ0n) is 8.72. The van der Waals surface area contributed by atoms with Crippen LogP contribution in [0.4, 0.5) is 0 Å². The van der Waals surface area contributed by atoms with Crippen molar-refractivity contribution in [2.75, 3.05) is 6.61 Å². The highest BCUT2D eigenvalue weighted by molar-refractivity contribution is 5.85. The molecular formula is C11H16O4. The van der Waals surface area contributed by atoms with Crippen LogP contribution >= 0.6 is 0 Å². The van der Waals surface area contributed by atoms with Crippen molar-refractivity contribution < 1.29 is 19.7 Å². The van der Waals surface area contributed by atoms with E-state index in [9.17, 15) is 9.90 Å². The van der Waals surface area contributed by atoms with Gasteiger partial charge in [-0.3, -0.25) is 4.79 Å². The topological polar surface area (TPSA) is 66.8 Å². The molecule has 1 aliphatic heterocycles. The number of allylic oxidation sites excluding steroid dienone is 1. The minimum absolute atomic E-state index is 0.0570. The van der Waals surface area contributed by atoms with Gasteiger partial charge in [-0.1, -0.05) is 25.5 Å². The molecule has 0 amide bonds. The molecule has 0 bridgehead atoms. The number of carbonyl (C=O) groups excluding carboxylic acids is 1. The minimum atomic E-state index is -0.906. The molecule has 4 nitrogen and oxygen atoms in total. The Labute approximate surface area is 88.6 Å². The molecule has 1 saturated heterocycles. The SMILES string of the molecule is CCCC1C=C[C@]12C(=O)O[C@H](CO)[C@H]2O. The Hall–Kier alpha value is -0.870. The highest BCUT2D eigenvalue weighted by Crippen LogP contribution is 2.50. The maximum atomic E-state index is 11.7. The van der Waals surface area contributed by atoms with Gasteiger partial charge in [-0.05, 0) is 12.3 Å². The number of aliphatic hydroxyl groups excluding tert-OH is 2. The number of rotatable bonds is 3. The van der Waals surface area contributed by atoms with E-state index in [1.54, 1.807) is 6.08 Å². The summed E-state index contributed by atoms with van der Waals surface area (Å²) in [5, 5.41) is 18.9. The van der Waals surface area contributed by atoms with Crippen LogP contribution in [0, 0.1) is 11.3 Å². The second-order valence-corrected chi connectivity index (χ2v) is 4.26. The molecule has 1 spiro atoms. The van der Waals surface area contributed by atoms with Crippen LogP contribution < -0.4 is 0 Å². The number of cyclic esters (lactones) is 1. The summed E-state index contributed by atoms with van der Waals surface area (Å²) in [6.07, 6.45) is 3.81. The summed E-state index contributed by atoms with van der Waals surface area (Å²) < 4.78 is 4.97. The second-order valence-electron chi connectivity index (χ2n) is 4.26. The summed E-state index contributed by atoms with van der Waals surface area (Å²) >= 11 is 0. The number of hydrogen-bond donors (Lipinski definition) is 2. The Morgan fingerprint density at radius 3 is 2.73 bits per heavy atom. The predicted molar refractivity (Wildman–Crippen MR) is 52.9 cm³/mol. The lowest BCUT2D eigenvalue weighted by molar-refractivity contribution is -0.150. The number of ether oxygens (including phenoxy) is 1. The Balaban J connectivity index is 2.22. The van der Waals surface area contributed by atoms with E-state index in [2.05, 4.69) is 0 Å². The third kappa shape index (κ3) is 1.25. The van der Waals surface area contributed by atoms with Gasteiger partial charge < -0.3 is 14.9 Å². The first-order chi connectivity index (χ1) is 7.16.